The fourth-order valence-electron chi connectivity index (χ4n) is 4.40. The molecule has 0 radical (unpaired) electrons. The molecule has 0 atom stereocenters. The van der Waals surface area contributed by atoms with E-state index in [1.54, 1.807) is 37.5 Å². The summed E-state index contributed by atoms with van der Waals surface area (Å²) in [6.45, 7) is 4.23. The topological polar surface area (TPSA) is 67.4 Å². The molecule has 1 amide bonds. The summed E-state index contributed by atoms with van der Waals surface area (Å²) in [5, 5.41) is 7.47. The first-order valence-corrected chi connectivity index (χ1v) is 12.2. The van der Waals surface area contributed by atoms with Crippen molar-refractivity contribution in [2.45, 2.75) is 25.8 Å². The van der Waals surface area contributed by atoms with E-state index in [2.05, 4.69) is 30.5 Å². The van der Waals surface area contributed by atoms with Crippen molar-refractivity contribution < 1.29 is 14.3 Å². The predicted octanol–water partition coefficient (Wildman–Crippen LogP) is 6.31. The molecule has 2 N–H and O–H groups in total. The Hall–Kier alpha value is -3.90. The Balaban J connectivity index is 1.40. The predicted molar refractivity (Wildman–Crippen MR) is 142 cm³/mol. The lowest BCUT2D eigenvalue weighted by Crippen LogP contribution is -2.43. The van der Waals surface area contributed by atoms with E-state index in [-0.39, 0.29) is 17.2 Å². The Morgan fingerprint density at radius 2 is 1.86 bits per heavy atom. The zero-order valence-electron chi connectivity index (χ0n) is 19.8. The molecular formula is C29H26N2O3S. The van der Waals surface area contributed by atoms with Gasteiger partial charge in [-0.15, -0.1) is 11.3 Å². The van der Waals surface area contributed by atoms with Crippen molar-refractivity contribution in [3.8, 4) is 5.75 Å². The van der Waals surface area contributed by atoms with Gasteiger partial charge in [-0.25, -0.2) is 0 Å². The molecule has 5 rings (SSSR count). The van der Waals surface area contributed by atoms with E-state index in [9.17, 15) is 9.59 Å². The van der Waals surface area contributed by atoms with Crippen LogP contribution in [0.4, 0.5) is 5.69 Å². The number of anilines is 1. The third kappa shape index (κ3) is 4.84. The molecule has 3 aromatic carbocycles. The van der Waals surface area contributed by atoms with Gasteiger partial charge in [-0.2, -0.15) is 0 Å². The monoisotopic (exact) mass is 482 g/mol. The molecule has 0 saturated heterocycles. The van der Waals surface area contributed by atoms with Crippen LogP contribution in [0.25, 0.3) is 15.8 Å². The molecule has 176 valence electrons. The van der Waals surface area contributed by atoms with Crippen LogP contribution in [0.5, 0.6) is 5.75 Å². The van der Waals surface area contributed by atoms with E-state index in [1.165, 1.54) is 11.3 Å². The highest BCUT2D eigenvalue weighted by Gasteiger charge is 2.28. The number of carbonyl (C=O) groups excluding carboxylic acids is 2. The highest BCUT2D eigenvalue weighted by molar-refractivity contribution is 7.20. The average Bonchev–Trinajstić information content (AvgIpc) is 3.28. The number of ketones is 1. The average molecular weight is 483 g/mol. The van der Waals surface area contributed by atoms with Gasteiger partial charge in [-0.1, -0.05) is 36.4 Å². The van der Waals surface area contributed by atoms with Crippen LogP contribution < -0.4 is 15.4 Å². The molecule has 1 aromatic heterocycles. The maximum atomic E-state index is 13.3. The number of hydrogen-bond acceptors (Lipinski definition) is 5. The van der Waals surface area contributed by atoms with Gasteiger partial charge in [0.1, 0.15) is 5.75 Å². The summed E-state index contributed by atoms with van der Waals surface area (Å²) in [4.78, 5) is 26.7. The van der Waals surface area contributed by atoms with Crippen LogP contribution in [-0.4, -0.2) is 24.3 Å². The first kappa shape index (κ1) is 22.9. The summed E-state index contributed by atoms with van der Waals surface area (Å²) in [5.74, 6) is 0.414. The first-order valence-electron chi connectivity index (χ1n) is 11.4. The van der Waals surface area contributed by atoms with Crippen molar-refractivity contribution in [2.24, 2.45) is 0 Å². The highest BCUT2D eigenvalue weighted by atomic mass is 32.1. The Kier molecular flexibility index (Phi) is 5.91. The maximum absolute atomic E-state index is 13.3. The second kappa shape index (κ2) is 9.04. The van der Waals surface area contributed by atoms with Gasteiger partial charge in [0.05, 0.1) is 12.0 Å². The fraction of sp³-hybridized carbons (Fsp3) is 0.172. The van der Waals surface area contributed by atoms with Gasteiger partial charge in [-0.05, 0) is 67.6 Å². The number of methoxy groups -OCH3 is 1. The Morgan fingerprint density at radius 3 is 2.66 bits per heavy atom. The van der Waals surface area contributed by atoms with Gasteiger partial charge in [0.25, 0.3) is 5.91 Å². The normalized spacial score (nSPS) is 15.3. The summed E-state index contributed by atoms with van der Waals surface area (Å²) < 4.78 is 6.46. The second-order valence-corrected chi connectivity index (χ2v) is 10.4. The van der Waals surface area contributed by atoms with E-state index in [4.69, 9.17) is 4.74 Å². The summed E-state index contributed by atoms with van der Waals surface area (Å²) in [6.07, 6.45) is 2.48. The van der Waals surface area contributed by atoms with Crippen LogP contribution in [0.2, 0.25) is 0 Å². The molecule has 0 spiro atoms. The lowest BCUT2D eigenvalue weighted by molar-refractivity contribution is 0.102. The summed E-state index contributed by atoms with van der Waals surface area (Å²) in [7, 11) is 1.63. The van der Waals surface area contributed by atoms with Crippen molar-refractivity contribution in [1.82, 2.24) is 5.32 Å². The lowest BCUT2D eigenvalue weighted by atomic mass is 9.85. The van der Waals surface area contributed by atoms with Crippen LogP contribution in [-0.2, 0) is 6.42 Å². The van der Waals surface area contributed by atoms with E-state index in [0.717, 1.165) is 39.1 Å². The molecule has 0 saturated carbocycles. The molecule has 35 heavy (non-hydrogen) atoms. The Bertz CT molecular complexity index is 1450. The number of ether oxygens (including phenoxy) is 1. The molecule has 0 aliphatic carbocycles. The van der Waals surface area contributed by atoms with Gasteiger partial charge < -0.3 is 15.4 Å². The van der Waals surface area contributed by atoms with Crippen molar-refractivity contribution in [3.05, 3.63) is 100 Å². The Labute approximate surface area is 208 Å². The SMILES string of the molecule is COc1ccc2c(c1)C(=CC(=O)c1cccc(NC(=O)c3cc4ccccc4s3)c1)NC(C)(C)C2. The number of allylic oxidation sites excluding steroid dienone is 1. The van der Waals surface area contributed by atoms with Crippen LogP contribution in [0.1, 0.15) is 45.0 Å². The van der Waals surface area contributed by atoms with Crippen LogP contribution >= 0.6 is 11.3 Å². The number of hydrogen-bond donors (Lipinski definition) is 2. The van der Waals surface area contributed by atoms with Crippen LogP contribution in [0, 0.1) is 0 Å². The molecular weight excluding hydrogens is 456 g/mol. The van der Waals surface area contributed by atoms with E-state index in [0.29, 0.717) is 16.1 Å². The third-order valence-electron chi connectivity index (χ3n) is 6.04. The van der Waals surface area contributed by atoms with Gasteiger partial charge in [-0.3, -0.25) is 9.59 Å². The zero-order chi connectivity index (χ0) is 24.6. The fourth-order valence-corrected chi connectivity index (χ4v) is 5.36. The van der Waals surface area contributed by atoms with E-state index < -0.39 is 0 Å². The quantitative estimate of drug-likeness (QED) is 0.258. The molecule has 0 unspecified atom stereocenters. The molecule has 0 fully saturated rings. The second-order valence-electron chi connectivity index (χ2n) is 9.31. The molecule has 2 heterocycles. The number of amides is 1. The molecule has 1 aliphatic rings. The number of benzene rings is 3. The minimum absolute atomic E-state index is 0.142. The summed E-state index contributed by atoms with van der Waals surface area (Å²) in [6, 6.07) is 22.8. The van der Waals surface area contributed by atoms with Crippen LogP contribution in [0.15, 0.2) is 78.9 Å². The van der Waals surface area contributed by atoms with E-state index in [1.807, 2.05) is 42.5 Å². The molecule has 1 aliphatic heterocycles. The van der Waals surface area contributed by atoms with Crippen molar-refractivity contribution in [1.29, 1.82) is 0 Å². The summed E-state index contributed by atoms with van der Waals surface area (Å²) in [5.41, 5.74) is 3.79. The number of fused-ring (bicyclic) bond motifs is 2. The smallest absolute Gasteiger partial charge is 0.265 e. The zero-order valence-corrected chi connectivity index (χ0v) is 20.7. The van der Waals surface area contributed by atoms with Gasteiger partial charge in [0.2, 0.25) is 0 Å². The number of carbonyl (C=O) groups is 2. The highest BCUT2D eigenvalue weighted by Crippen LogP contribution is 2.32. The maximum Gasteiger partial charge on any atom is 0.265 e. The molecule has 0 bridgehead atoms. The van der Waals surface area contributed by atoms with Crippen molar-refractivity contribution in [3.63, 3.8) is 0 Å². The Morgan fingerprint density at radius 1 is 1.03 bits per heavy atom. The molecule has 6 heteroatoms. The van der Waals surface area contributed by atoms with Crippen molar-refractivity contribution in [2.75, 3.05) is 12.4 Å². The van der Waals surface area contributed by atoms with Gasteiger partial charge in [0.15, 0.2) is 5.78 Å². The standard InChI is InChI=1S/C29H26N2O3S/c1-29(2)17-20-11-12-22(34-3)15-23(20)24(31-29)16-25(32)18-8-6-9-21(13-18)30-28(33)27-14-19-7-4-5-10-26(19)35-27/h4-16,31H,17H2,1-3H3,(H,30,33). The molecule has 4 aromatic rings. The van der Waals surface area contributed by atoms with E-state index >= 15 is 0 Å². The minimum atomic E-state index is -0.189. The number of nitrogens with one attached hydrogen (secondary N) is 2. The number of thiophene rings is 1. The van der Waals surface area contributed by atoms with Gasteiger partial charge in [0, 0.05) is 38.8 Å². The largest absolute Gasteiger partial charge is 0.497 e. The summed E-state index contributed by atoms with van der Waals surface area (Å²) >= 11 is 1.45. The number of rotatable bonds is 5. The lowest BCUT2D eigenvalue weighted by Gasteiger charge is -2.35. The van der Waals surface area contributed by atoms with Crippen LogP contribution in [0.3, 0.4) is 0 Å². The van der Waals surface area contributed by atoms with Crippen molar-refractivity contribution >= 4 is 44.5 Å². The van der Waals surface area contributed by atoms with Gasteiger partial charge >= 0.3 is 0 Å². The first-order chi connectivity index (χ1) is 16.8. The molecule has 5 nitrogen and oxygen atoms in total. The third-order valence-corrected chi connectivity index (χ3v) is 7.16. The minimum Gasteiger partial charge on any atom is -0.497 e.